The number of ketones is 1. The van der Waals surface area contributed by atoms with Crippen LogP contribution in [0.5, 0.6) is 11.5 Å². The van der Waals surface area contributed by atoms with E-state index in [0.29, 0.717) is 43.1 Å². The zero-order valence-electron chi connectivity index (χ0n) is 22.3. The summed E-state index contributed by atoms with van der Waals surface area (Å²) in [4.78, 5) is 25.9. The Morgan fingerprint density at radius 3 is 1.98 bits per heavy atom. The van der Waals surface area contributed by atoms with Gasteiger partial charge in [-0.2, -0.15) is 10.5 Å². The number of ether oxygens (including phenoxy) is 2. The van der Waals surface area contributed by atoms with E-state index in [2.05, 4.69) is 6.07 Å². The van der Waals surface area contributed by atoms with E-state index in [1.165, 1.54) is 18.2 Å². The predicted octanol–water partition coefficient (Wildman–Crippen LogP) is 4.66. The highest BCUT2D eigenvalue weighted by Crippen LogP contribution is 2.27. The number of primary amides is 1. The van der Waals surface area contributed by atoms with Crippen LogP contribution in [0.4, 0.5) is 0 Å². The third-order valence-corrected chi connectivity index (χ3v) is 6.47. The lowest BCUT2D eigenvalue weighted by atomic mass is 9.87. The van der Waals surface area contributed by atoms with Gasteiger partial charge in [-0.05, 0) is 71.6 Å². The van der Waals surface area contributed by atoms with Gasteiger partial charge in [0.15, 0.2) is 5.78 Å². The quantitative estimate of drug-likeness (QED) is 0.194. The van der Waals surface area contributed by atoms with Crippen LogP contribution < -0.4 is 20.9 Å². The SMILES string of the molecule is N#Cc1cccc(C(=O)c2c(C(N)=O)ccc(C#N)c2Cc2ccc(OCCCOc3ccc(CN)cc3)cc2)c1. The number of benzene rings is 4. The van der Waals surface area contributed by atoms with Gasteiger partial charge >= 0.3 is 0 Å². The second-order valence-corrected chi connectivity index (χ2v) is 9.23. The average molecular weight is 545 g/mol. The van der Waals surface area contributed by atoms with Crippen LogP contribution in [0, 0.1) is 22.7 Å². The third kappa shape index (κ3) is 7.15. The Morgan fingerprint density at radius 1 is 0.780 bits per heavy atom. The largest absolute Gasteiger partial charge is 0.493 e. The molecule has 0 aliphatic rings. The number of rotatable bonds is 12. The van der Waals surface area contributed by atoms with Crippen molar-refractivity contribution in [2.45, 2.75) is 19.4 Å². The van der Waals surface area contributed by atoms with Crippen molar-refractivity contribution in [3.63, 3.8) is 0 Å². The summed E-state index contributed by atoms with van der Waals surface area (Å²) in [6.07, 6.45) is 0.893. The Bertz CT molecular complexity index is 1630. The van der Waals surface area contributed by atoms with E-state index in [1.807, 2.05) is 54.6 Å². The number of carbonyl (C=O) groups excluding carboxylic acids is 2. The molecule has 0 saturated heterocycles. The standard InChI is InChI=1S/C33H28N4O4/c34-19-23-7-12-28(13-8-23)41-16-2-15-40-27-10-5-22(6-11-27)18-30-26(21-36)9-14-29(33(37)39)31(30)32(38)25-4-1-3-24(17-25)20-35/h1,3-14,17H,2,15-16,18-19,34H2,(H2,37,39). The lowest BCUT2D eigenvalue weighted by Gasteiger charge is -2.15. The monoisotopic (exact) mass is 544 g/mol. The van der Waals surface area contributed by atoms with Crippen molar-refractivity contribution in [1.82, 2.24) is 0 Å². The van der Waals surface area contributed by atoms with Gasteiger partial charge in [0.25, 0.3) is 0 Å². The molecule has 4 aromatic rings. The van der Waals surface area contributed by atoms with Crippen molar-refractivity contribution in [1.29, 1.82) is 10.5 Å². The first-order valence-corrected chi connectivity index (χ1v) is 13.0. The van der Waals surface area contributed by atoms with Crippen molar-refractivity contribution in [3.05, 3.63) is 129 Å². The molecular weight excluding hydrogens is 516 g/mol. The lowest BCUT2D eigenvalue weighted by Crippen LogP contribution is -2.20. The second-order valence-electron chi connectivity index (χ2n) is 9.23. The highest BCUT2D eigenvalue weighted by atomic mass is 16.5. The van der Waals surface area contributed by atoms with Gasteiger partial charge in [-0.1, -0.05) is 36.4 Å². The van der Waals surface area contributed by atoms with Crippen molar-refractivity contribution >= 4 is 11.7 Å². The summed E-state index contributed by atoms with van der Waals surface area (Å²) in [6, 6.07) is 28.1. The maximum atomic E-state index is 13.6. The number of nitrogens with zero attached hydrogens (tertiary/aromatic N) is 2. The average Bonchev–Trinajstić information content (AvgIpc) is 3.01. The molecule has 0 aliphatic heterocycles. The van der Waals surface area contributed by atoms with E-state index in [9.17, 15) is 20.1 Å². The van der Waals surface area contributed by atoms with Gasteiger partial charge in [0.1, 0.15) is 11.5 Å². The first kappa shape index (κ1) is 28.6. The first-order valence-electron chi connectivity index (χ1n) is 13.0. The summed E-state index contributed by atoms with van der Waals surface area (Å²) in [6.45, 7) is 1.45. The molecule has 0 aromatic heterocycles. The van der Waals surface area contributed by atoms with E-state index in [4.69, 9.17) is 20.9 Å². The van der Waals surface area contributed by atoms with E-state index >= 15 is 0 Å². The zero-order chi connectivity index (χ0) is 29.2. The molecule has 0 saturated carbocycles. The van der Waals surface area contributed by atoms with Crippen LogP contribution in [-0.4, -0.2) is 24.9 Å². The van der Waals surface area contributed by atoms with Crippen LogP contribution in [-0.2, 0) is 13.0 Å². The number of hydrogen-bond donors (Lipinski definition) is 2. The number of nitrogens with two attached hydrogens (primary N) is 2. The molecule has 204 valence electrons. The maximum Gasteiger partial charge on any atom is 0.249 e. The topological polar surface area (TPSA) is 152 Å². The highest BCUT2D eigenvalue weighted by Gasteiger charge is 2.24. The van der Waals surface area contributed by atoms with Gasteiger partial charge in [0, 0.05) is 24.1 Å². The molecule has 41 heavy (non-hydrogen) atoms. The van der Waals surface area contributed by atoms with E-state index in [0.717, 1.165) is 16.9 Å². The van der Waals surface area contributed by atoms with Crippen LogP contribution in [0.3, 0.4) is 0 Å². The Hall–Kier alpha value is -5.44. The minimum atomic E-state index is -0.782. The Morgan fingerprint density at radius 2 is 1.41 bits per heavy atom. The molecule has 1 amide bonds. The van der Waals surface area contributed by atoms with Crippen LogP contribution in [0.1, 0.15) is 60.5 Å². The molecule has 8 heteroatoms. The summed E-state index contributed by atoms with van der Waals surface area (Å²) >= 11 is 0. The van der Waals surface area contributed by atoms with E-state index < -0.39 is 11.7 Å². The minimum absolute atomic E-state index is 0.0175. The summed E-state index contributed by atoms with van der Waals surface area (Å²) in [5, 5.41) is 19.1. The smallest absolute Gasteiger partial charge is 0.249 e. The molecule has 4 rings (SSSR count). The maximum absolute atomic E-state index is 13.6. The zero-order valence-corrected chi connectivity index (χ0v) is 22.3. The van der Waals surface area contributed by atoms with Gasteiger partial charge < -0.3 is 20.9 Å². The Kier molecular flexibility index (Phi) is 9.45. The van der Waals surface area contributed by atoms with Crippen molar-refractivity contribution < 1.29 is 19.1 Å². The number of nitriles is 2. The van der Waals surface area contributed by atoms with Crippen molar-refractivity contribution in [2.24, 2.45) is 11.5 Å². The van der Waals surface area contributed by atoms with Crippen LogP contribution in [0.25, 0.3) is 0 Å². The molecule has 0 fully saturated rings. The molecule has 0 aliphatic carbocycles. The van der Waals surface area contributed by atoms with E-state index in [1.54, 1.807) is 18.2 Å². The highest BCUT2D eigenvalue weighted by molar-refractivity contribution is 6.16. The number of carbonyl (C=O) groups is 2. The molecule has 0 spiro atoms. The molecular formula is C33H28N4O4. The predicted molar refractivity (Wildman–Crippen MR) is 153 cm³/mol. The second kappa shape index (κ2) is 13.6. The summed E-state index contributed by atoms with van der Waals surface area (Å²) < 4.78 is 11.6. The van der Waals surface area contributed by atoms with E-state index in [-0.39, 0.29) is 28.7 Å². The summed E-state index contributed by atoms with van der Waals surface area (Å²) in [5.41, 5.74) is 14.3. The Labute approximate surface area is 238 Å². The lowest BCUT2D eigenvalue weighted by molar-refractivity contribution is 0.0980. The van der Waals surface area contributed by atoms with Gasteiger partial charge in [0.05, 0.1) is 42.0 Å². The first-order chi connectivity index (χ1) is 19.9. The molecule has 4 N–H and O–H groups in total. The molecule has 0 atom stereocenters. The molecule has 0 bridgehead atoms. The normalized spacial score (nSPS) is 10.3. The third-order valence-electron chi connectivity index (χ3n) is 6.47. The number of amides is 1. The van der Waals surface area contributed by atoms with Crippen molar-refractivity contribution in [3.8, 4) is 23.6 Å². The van der Waals surface area contributed by atoms with Gasteiger partial charge in [-0.25, -0.2) is 0 Å². The fraction of sp³-hybridized carbons (Fsp3) is 0.152. The molecule has 0 heterocycles. The van der Waals surface area contributed by atoms with Gasteiger partial charge in [-0.3, -0.25) is 9.59 Å². The minimum Gasteiger partial charge on any atom is -0.493 e. The number of hydrogen-bond acceptors (Lipinski definition) is 7. The molecule has 0 radical (unpaired) electrons. The van der Waals surface area contributed by atoms with Gasteiger partial charge in [-0.15, -0.1) is 0 Å². The summed E-state index contributed by atoms with van der Waals surface area (Å²) in [7, 11) is 0. The molecule has 4 aromatic carbocycles. The van der Waals surface area contributed by atoms with Crippen molar-refractivity contribution in [2.75, 3.05) is 13.2 Å². The fourth-order valence-corrected chi connectivity index (χ4v) is 4.34. The fourth-order valence-electron chi connectivity index (χ4n) is 4.34. The van der Waals surface area contributed by atoms with Gasteiger partial charge in [0.2, 0.25) is 5.91 Å². The van der Waals surface area contributed by atoms with Crippen LogP contribution >= 0.6 is 0 Å². The Balaban J connectivity index is 1.47. The molecule has 0 unspecified atom stereocenters. The summed E-state index contributed by atoms with van der Waals surface area (Å²) in [5.74, 6) is 0.174. The molecule has 8 nitrogen and oxygen atoms in total. The van der Waals surface area contributed by atoms with Crippen LogP contribution in [0.2, 0.25) is 0 Å². The van der Waals surface area contributed by atoms with Crippen LogP contribution in [0.15, 0.2) is 84.9 Å².